The van der Waals surface area contributed by atoms with Crippen molar-refractivity contribution in [3.63, 3.8) is 0 Å². The average molecular weight is 282 g/mol. The van der Waals surface area contributed by atoms with Crippen LogP contribution in [-0.2, 0) is 4.79 Å². The highest BCUT2D eigenvalue weighted by Crippen LogP contribution is 2.26. The third-order valence-corrected chi connectivity index (χ3v) is 5.03. The zero-order valence-electron chi connectivity index (χ0n) is 12.8. The molecule has 3 N–H and O–H groups in total. The molecule has 0 bridgehead atoms. The first-order chi connectivity index (χ1) is 9.63. The van der Waals surface area contributed by atoms with Crippen molar-refractivity contribution in [3.05, 3.63) is 0 Å². The van der Waals surface area contributed by atoms with Gasteiger partial charge in [0.25, 0.3) is 0 Å². The van der Waals surface area contributed by atoms with Gasteiger partial charge in [-0.15, -0.1) is 0 Å². The summed E-state index contributed by atoms with van der Waals surface area (Å²) in [5, 5.41) is 16.8. The second kappa shape index (κ2) is 7.41. The molecule has 0 radical (unpaired) electrons. The lowest BCUT2D eigenvalue weighted by molar-refractivity contribution is -0.125. The zero-order valence-corrected chi connectivity index (χ0v) is 12.8. The molecule has 2 aliphatic rings. The van der Waals surface area contributed by atoms with Gasteiger partial charge in [0.05, 0.1) is 11.6 Å². The lowest BCUT2D eigenvalue weighted by atomic mass is 9.89. The molecule has 1 saturated heterocycles. The van der Waals surface area contributed by atoms with Crippen LogP contribution < -0.4 is 10.6 Å². The van der Waals surface area contributed by atoms with E-state index in [1.165, 1.54) is 19.3 Å². The molecule has 4 heteroatoms. The highest BCUT2D eigenvalue weighted by atomic mass is 16.3. The standard InChI is InChI=1S/C16H30N2O2/c1-2-13-7-10-17-14(11-13)15(19)18-12-16(20)8-5-3-4-6-9-16/h13-14,17,20H,2-12H2,1H3,(H,18,19). The lowest BCUT2D eigenvalue weighted by Gasteiger charge is -2.31. The Morgan fingerprint density at radius 3 is 2.65 bits per heavy atom. The molecule has 2 rings (SSSR count). The van der Waals surface area contributed by atoms with E-state index in [-0.39, 0.29) is 11.9 Å². The second-order valence-corrected chi connectivity index (χ2v) is 6.66. The molecule has 1 heterocycles. The third-order valence-electron chi connectivity index (χ3n) is 5.03. The van der Waals surface area contributed by atoms with Crippen molar-refractivity contribution in [2.45, 2.75) is 76.4 Å². The summed E-state index contributed by atoms with van der Waals surface area (Å²) in [5.41, 5.74) is -0.676. The van der Waals surface area contributed by atoms with Crippen molar-refractivity contribution in [2.75, 3.05) is 13.1 Å². The monoisotopic (exact) mass is 282 g/mol. The first kappa shape index (κ1) is 15.8. The fourth-order valence-corrected chi connectivity index (χ4v) is 3.51. The summed E-state index contributed by atoms with van der Waals surface area (Å²) in [6, 6.07) is -0.0666. The molecular weight excluding hydrogens is 252 g/mol. The van der Waals surface area contributed by atoms with Gasteiger partial charge in [-0.25, -0.2) is 0 Å². The van der Waals surface area contributed by atoms with E-state index in [9.17, 15) is 9.90 Å². The third kappa shape index (κ3) is 4.45. The van der Waals surface area contributed by atoms with Crippen LogP contribution in [0.2, 0.25) is 0 Å². The van der Waals surface area contributed by atoms with E-state index in [1.54, 1.807) is 0 Å². The Kier molecular flexibility index (Phi) is 5.85. The molecule has 116 valence electrons. The summed E-state index contributed by atoms with van der Waals surface area (Å²) in [5.74, 6) is 0.730. The van der Waals surface area contributed by atoms with Crippen molar-refractivity contribution >= 4 is 5.91 Å². The molecule has 2 fully saturated rings. The predicted octanol–water partition coefficient (Wildman–Crippen LogP) is 1.97. The highest BCUT2D eigenvalue weighted by Gasteiger charge is 2.31. The number of hydrogen-bond donors (Lipinski definition) is 3. The van der Waals surface area contributed by atoms with E-state index < -0.39 is 5.60 Å². The summed E-state index contributed by atoms with van der Waals surface area (Å²) in [6.45, 7) is 3.54. The minimum absolute atomic E-state index is 0.0666. The SMILES string of the molecule is CCC1CCNC(C(=O)NCC2(O)CCCCCC2)C1. The van der Waals surface area contributed by atoms with Gasteiger partial charge in [-0.3, -0.25) is 4.79 Å². The van der Waals surface area contributed by atoms with Gasteiger partial charge in [0.1, 0.15) is 0 Å². The van der Waals surface area contributed by atoms with E-state index >= 15 is 0 Å². The van der Waals surface area contributed by atoms with Crippen LogP contribution in [0, 0.1) is 5.92 Å². The van der Waals surface area contributed by atoms with E-state index in [1.807, 2.05) is 0 Å². The summed E-state index contributed by atoms with van der Waals surface area (Å²) in [6.07, 6.45) is 9.46. The topological polar surface area (TPSA) is 61.4 Å². The Bertz CT molecular complexity index is 312. The number of aliphatic hydroxyl groups is 1. The van der Waals surface area contributed by atoms with Crippen molar-refractivity contribution < 1.29 is 9.90 Å². The van der Waals surface area contributed by atoms with Crippen LogP contribution in [-0.4, -0.2) is 35.7 Å². The summed E-state index contributed by atoms with van der Waals surface area (Å²) >= 11 is 0. The quantitative estimate of drug-likeness (QED) is 0.691. The first-order valence-corrected chi connectivity index (χ1v) is 8.36. The van der Waals surface area contributed by atoms with Gasteiger partial charge in [0.15, 0.2) is 0 Å². The van der Waals surface area contributed by atoms with Crippen LogP contribution in [0.25, 0.3) is 0 Å². The van der Waals surface area contributed by atoms with Crippen LogP contribution in [0.1, 0.15) is 64.7 Å². The van der Waals surface area contributed by atoms with E-state index in [4.69, 9.17) is 0 Å². The Labute approximate surface area is 122 Å². The molecule has 20 heavy (non-hydrogen) atoms. The summed E-state index contributed by atoms with van der Waals surface area (Å²) in [4.78, 5) is 12.2. The van der Waals surface area contributed by atoms with Gasteiger partial charge in [-0.1, -0.05) is 39.0 Å². The molecule has 1 aliphatic carbocycles. The maximum Gasteiger partial charge on any atom is 0.237 e. The van der Waals surface area contributed by atoms with Gasteiger partial charge in [-0.2, -0.15) is 0 Å². The highest BCUT2D eigenvalue weighted by molar-refractivity contribution is 5.81. The lowest BCUT2D eigenvalue weighted by Crippen LogP contribution is -2.52. The number of piperidine rings is 1. The van der Waals surface area contributed by atoms with E-state index in [0.29, 0.717) is 12.5 Å². The number of carbonyl (C=O) groups excluding carboxylic acids is 1. The van der Waals surface area contributed by atoms with E-state index in [2.05, 4.69) is 17.6 Å². The van der Waals surface area contributed by atoms with E-state index in [0.717, 1.165) is 45.1 Å². The zero-order chi connectivity index (χ0) is 14.4. The van der Waals surface area contributed by atoms with Gasteiger partial charge < -0.3 is 15.7 Å². The number of rotatable bonds is 4. The Morgan fingerprint density at radius 2 is 2.00 bits per heavy atom. The van der Waals surface area contributed by atoms with Crippen molar-refractivity contribution in [1.82, 2.24) is 10.6 Å². The average Bonchev–Trinajstić information content (AvgIpc) is 2.70. The molecule has 0 aromatic rings. The number of amides is 1. The van der Waals surface area contributed by atoms with Crippen LogP contribution >= 0.6 is 0 Å². The normalized spacial score (nSPS) is 30.5. The molecule has 1 saturated carbocycles. The smallest absolute Gasteiger partial charge is 0.237 e. The molecule has 0 aromatic carbocycles. The second-order valence-electron chi connectivity index (χ2n) is 6.66. The van der Waals surface area contributed by atoms with Crippen molar-refractivity contribution in [2.24, 2.45) is 5.92 Å². The Balaban J connectivity index is 1.78. The molecule has 2 atom stereocenters. The summed E-state index contributed by atoms with van der Waals surface area (Å²) < 4.78 is 0. The largest absolute Gasteiger partial charge is 0.388 e. The first-order valence-electron chi connectivity index (χ1n) is 8.36. The van der Waals surface area contributed by atoms with Crippen LogP contribution in [0.3, 0.4) is 0 Å². The van der Waals surface area contributed by atoms with Gasteiger partial charge in [0.2, 0.25) is 5.91 Å². The fraction of sp³-hybridized carbons (Fsp3) is 0.938. The van der Waals surface area contributed by atoms with Gasteiger partial charge in [-0.05, 0) is 38.1 Å². The number of nitrogens with one attached hydrogen (secondary N) is 2. The molecular formula is C16H30N2O2. The molecule has 0 aromatic heterocycles. The van der Waals surface area contributed by atoms with Crippen molar-refractivity contribution in [3.8, 4) is 0 Å². The van der Waals surface area contributed by atoms with Crippen molar-refractivity contribution in [1.29, 1.82) is 0 Å². The Morgan fingerprint density at radius 1 is 1.30 bits per heavy atom. The fourth-order valence-electron chi connectivity index (χ4n) is 3.51. The minimum Gasteiger partial charge on any atom is -0.388 e. The minimum atomic E-state index is -0.676. The molecule has 2 unspecified atom stereocenters. The maximum absolute atomic E-state index is 12.2. The molecule has 0 spiro atoms. The van der Waals surface area contributed by atoms with Crippen LogP contribution in [0.5, 0.6) is 0 Å². The predicted molar refractivity (Wildman–Crippen MR) is 80.5 cm³/mol. The molecule has 1 amide bonds. The van der Waals surface area contributed by atoms with Crippen LogP contribution in [0.4, 0.5) is 0 Å². The number of hydrogen-bond acceptors (Lipinski definition) is 3. The molecule has 1 aliphatic heterocycles. The van der Waals surface area contributed by atoms with Crippen LogP contribution in [0.15, 0.2) is 0 Å². The number of carbonyl (C=O) groups is 1. The van der Waals surface area contributed by atoms with Gasteiger partial charge in [0, 0.05) is 6.54 Å². The van der Waals surface area contributed by atoms with Gasteiger partial charge >= 0.3 is 0 Å². The molecule has 4 nitrogen and oxygen atoms in total. The Hall–Kier alpha value is -0.610. The summed E-state index contributed by atoms with van der Waals surface area (Å²) in [7, 11) is 0. The maximum atomic E-state index is 12.2.